The molecular formula is C20H15N3O2. The number of fused-ring (bicyclic) bond motifs is 1. The maximum atomic E-state index is 11.7. The van der Waals surface area contributed by atoms with E-state index in [4.69, 9.17) is 0 Å². The summed E-state index contributed by atoms with van der Waals surface area (Å²) in [5, 5.41) is 10.6. The van der Waals surface area contributed by atoms with Crippen LogP contribution in [-0.4, -0.2) is 25.6 Å². The number of carboxylic acids is 1. The van der Waals surface area contributed by atoms with Crippen LogP contribution in [0.5, 0.6) is 0 Å². The fraction of sp³-hybridized carbons (Fsp3) is 0.0500. The standard InChI is InChI=1S/C20H15N3O2/c24-20(25)18-9-8-17(15-7-2-10-21-12-15)23(18)13-16-5-1-4-14-6-3-11-22-19(14)16/h1-12H,13H2,(H,24,25). The molecular weight excluding hydrogens is 314 g/mol. The number of para-hydroxylation sites is 1. The lowest BCUT2D eigenvalue weighted by Gasteiger charge is -2.13. The first-order chi connectivity index (χ1) is 12.2. The Hall–Kier alpha value is -3.47. The maximum absolute atomic E-state index is 11.7. The van der Waals surface area contributed by atoms with Crippen LogP contribution < -0.4 is 0 Å². The molecule has 4 rings (SSSR count). The summed E-state index contributed by atoms with van der Waals surface area (Å²) in [5.74, 6) is -0.955. The van der Waals surface area contributed by atoms with Crippen LogP contribution in [-0.2, 0) is 6.54 Å². The summed E-state index contributed by atoms with van der Waals surface area (Å²) < 4.78 is 1.79. The maximum Gasteiger partial charge on any atom is 0.352 e. The van der Waals surface area contributed by atoms with Gasteiger partial charge in [-0.3, -0.25) is 9.97 Å². The zero-order valence-corrected chi connectivity index (χ0v) is 13.3. The highest BCUT2D eigenvalue weighted by Gasteiger charge is 2.16. The van der Waals surface area contributed by atoms with E-state index >= 15 is 0 Å². The van der Waals surface area contributed by atoms with Crippen LogP contribution >= 0.6 is 0 Å². The van der Waals surface area contributed by atoms with Crippen molar-refractivity contribution >= 4 is 16.9 Å². The molecule has 0 atom stereocenters. The molecule has 0 fully saturated rings. The second kappa shape index (κ2) is 6.20. The Labute approximate surface area is 144 Å². The van der Waals surface area contributed by atoms with Gasteiger partial charge in [0.25, 0.3) is 0 Å². The van der Waals surface area contributed by atoms with E-state index in [9.17, 15) is 9.90 Å². The van der Waals surface area contributed by atoms with Crippen molar-refractivity contribution < 1.29 is 9.90 Å². The third-order valence-electron chi connectivity index (χ3n) is 4.20. The molecule has 1 N–H and O–H groups in total. The monoisotopic (exact) mass is 329 g/mol. The minimum atomic E-state index is -0.955. The molecule has 25 heavy (non-hydrogen) atoms. The summed E-state index contributed by atoms with van der Waals surface area (Å²) in [6.07, 6.45) is 5.18. The largest absolute Gasteiger partial charge is 0.477 e. The summed E-state index contributed by atoms with van der Waals surface area (Å²) in [4.78, 5) is 20.3. The third-order valence-corrected chi connectivity index (χ3v) is 4.20. The summed E-state index contributed by atoms with van der Waals surface area (Å²) in [6, 6.07) is 17.1. The molecule has 0 saturated heterocycles. The van der Waals surface area contributed by atoms with E-state index in [1.807, 2.05) is 48.5 Å². The number of pyridine rings is 2. The van der Waals surface area contributed by atoms with Gasteiger partial charge in [0.05, 0.1) is 17.8 Å². The van der Waals surface area contributed by atoms with E-state index in [0.29, 0.717) is 6.54 Å². The van der Waals surface area contributed by atoms with Crippen LogP contribution in [0.2, 0.25) is 0 Å². The summed E-state index contributed by atoms with van der Waals surface area (Å²) in [6.45, 7) is 0.424. The van der Waals surface area contributed by atoms with Gasteiger partial charge in [-0.15, -0.1) is 0 Å². The van der Waals surface area contributed by atoms with Gasteiger partial charge >= 0.3 is 5.97 Å². The van der Waals surface area contributed by atoms with Crippen molar-refractivity contribution in [1.29, 1.82) is 0 Å². The number of aromatic carboxylic acids is 1. The van der Waals surface area contributed by atoms with Crippen LogP contribution in [0.3, 0.4) is 0 Å². The first kappa shape index (κ1) is 15.1. The Morgan fingerprint density at radius 3 is 2.64 bits per heavy atom. The highest BCUT2D eigenvalue weighted by molar-refractivity contribution is 5.88. The van der Waals surface area contributed by atoms with Crippen molar-refractivity contribution in [3.05, 3.63) is 84.4 Å². The Morgan fingerprint density at radius 1 is 1.00 bits per heavy atom. The molecule has 0 aliphatic heterocycles. The highest BCUT2D eigenvalue weighted by Crippen LogP contribution is 2.25. The molecule has 1 aromatic carbocycles. The molecule has 0 spiro atoms. The van der Waals surface area contributed by atoms with E-state index in [0.717, 1.165) is 27.7 Å². The van der Waals surface area contributed by atoms with Crippen molar-refractivity contribution in [1.82, 2.24) is 14.5 Å². The molecule has 0 bridgehead atoms. The second-order valence-corrected chi connectivity index (χ2v) is 5.73. The first-order valence-electron chi connectivity index (χ1n) is 7.90. The van der Waals surface area contributed by atoms with Crippen LogP contribution in [0.15, 0.2) is 73.2 Å². The van der Waals surface area contributed by atoms with Crippen molar-refractivity contribution in [3.8, 4) is 11.3 Å². The lowest BCUT2D eigenvalue weighted by Crippen LogP contribution is -2.11. The Balaban J connectivity index is 1.87. The summed E-state index contributed by atoms with van der Waals surface area (Å²) >= 11 is 0. The van der Waals surface area contributed by atoms with Gasteiger partial charge in [-0.25, -0.2) is 4.79 Å². The van der Waals surface area contributed by atoms with Crippen LogP contribution in [0.25, 0.3) is 22.2 Å². The third kappa shape index (κ3) is 2.76. The van der Waals surface area contributed by atoms with Gasteiger partial charge in [0.1, 0.15) is 5.69 Å². The van der Waals surface area contributed by atoms with Crippen molar-refractivity contribution in [2.45, 2.75) is 6.54 Å². The van der Waals surface area contributed by atoms with Crippen LogP contribution in [0.4, 0.5) is 0 Å². The minimum Gasteiger partial charge on any atom is -0.477 e. The Morgan fingerprint density at radius 2 is 1.84 bits per heavy atom. The lowest BCUT2D eigenvalue weighted by molar-refractivity contribution is 0.0686. The van der Waals surface area contributed by atoms with E-state index < -0.39 is 5.97 Å². The summed E-state index contributed by atoms with van der Waals surface area (Å²) in [7, 11) is 0. The fourth-order valence-electron chi connectivity index (χ4n) is 3.06. The number of aromatic nitrogens is 3. The minimum absolute atomic E-state index is 0.242. The number of rotatable bonds is 4. The number of carbonyl (C=O) groups is 1. The van der Waals surface area contributed by atoms with Gasteiger partial charge < -0.3 is 9.67 Å². The average Bonchev–Trinajstić information content (AvgIpc) is 3.07. The second-order valence-electron chi connectivity index (χ2n) is 5.73. The number of hydrogen-bond acceptors (Lipinski definition) is 3. The summed E-state index contributed by atoms with van der Waals surface area (Å²) in [5.41, 5.74) is 3.79. The van der Waals surface area contributed by atoms with E-state index in [2.05, 4.69) is 9.97 Å². The van der Waals surface area contributed by atoms with Crippen LogP contribution in [0, 0.1) is 0 Å². The van der Waals surface area contributed by atoms with Crippen molar-refractivity contribution in [2.24, 2.45) is 0 Å². The SMILES string of the molecule is O=C(O)c1ccc(-c2cccnc2)n1Cc1cccc2cccnc12. The Kier molecular flexibility index (Phi) is 3.74. The molecule has 122 valence electrons. The van der Waals surface area contributed by atoms with Gasteiger partial charge in [-0.05, 0) is 35.9 Å². The predicted molar refractivity (Wildman–Crippen MR) is 95.5 cm³/mol. The van der Waals surface area contributed by atoms with Crippen molar-refractivity contribution in [2.75, 3.05) is 0 Å². The van der Waals surface area contributed by atoms with E-state index in [1.54, 1.807) is 29.2 Å². The topological polar surface area (TPSA) is 68.0 Å². The predicted octanol–water partition coefficient (Wildman–Crippen LogP) is 3.84. The normalized spacial score (nSPS) is 10.9. The number of hydrogen-bond donors (Lipinski definition) is 1. The molecule has 0 unspecified atom stereocenters. The van der Waals surface area contributed by atoms with E-state index in [1.165, 1.54) is 0 Å². The van der Waals surface area contributed by atoms with Crippen molar-refractivity contribution in [3.63, 3.8) is 0 Å². The molecule has 5 nitrogen and oxygen atoms in total. The zero-order chi connectivity index (χ0) is 17.2. The Bertz CT molecular complexity index is 1050. The zero-order valence-electron chi connectivity index (χ0n) is 13.3. The van der Waals surface area contributed by atoms with Gasteiger partial charge in [0.2, 0.25) is 0 Å². The average molecular weight is 329 g/mol. The molecule has 0 aliphatic rings. The quantitative estimate of drug-likeness (QED) is 0.617. The van der Waals surface area contributed by atoms with Gasteiger partial charge in [0, 0.05) is 29.5 Å². The van der Waals surface area contributed by atoms with E-state index in [-0.39, 0.29) is 5.69 Å². The van der Waals surface area contributed by atoms with Gasteiger partial charge in [-0.2, -0.15) is 0 Å². The molecule has 0 amide bonds. The lowest BCUT2D eigenvalue weighted by atomic mass is 10.1. The molecule has 0 saturated carbocycles. The van der Waals surface area contributed by atoms with Gasteiger partial charge in [0.15, 0.2) is 0 Å². The fourth-order valence-corrected chi connectivity index (χ4v) is 3.06. The number of benzene rings is 1. The molecule has 4 aromatic rings. The molecule has 0 aliphatic carbocycles. The number of nitrogens with zero attached hydrogens (tertiary/aromatic N) is 3. The number of carboxylic acid groups (broad SMARTS) is 1. The highest BCUT2D eigenvalue weighted by atomic mass is 16.4. The first-order valence-corrected chi connectivity index (χ1v) is 7.90. The molecule has 3 heterocycles. The van der Waals surface area contributed by atoms with Crippen LogP contribution in [0.1, 0.15) is 16.1 Å². The molecule has 3 aromatic heterocycles. The molecule has 5 heteroatoms. The smallest absolute Gasteiger partial charge is 0.352 e. The molecule has 0 radical (unpaired) electrons. The van der Waals surface area contributed by atoms with Gasteiger partial charge in [-0.1, -0.05) is 24.3 Å².